The fourth-order valence-corrected chi connectivity index (χ4v) is 5.46. The van der Waals surface area contributed by atoms with Crippen LogP contribution in [0.3, 0.4) is 0 Å². The number of hydrogen-bond donors (Lipinski definition) is 1. The molecule has 2 unspecified atom stereocenters. The summed E-state index contributed by atoms with van der Waals surface area (Å²) in [4.78, 5) is 40.3. The van der Waals surface area contributed by atoms with E-state index in [1.165, 1.54) is 21.3 Å². The Morgan fingerprint density at radius 2 is 1.12 bits per heavy atom. The number of nitrogens with zero attached hydrogens (tertiary/aromatic N) is 1. The molecule has 1 N–H and O–H groups in total. The topological polar surface area (TPSA) is 94.2 Å². The summed E-state index contributed by atoms with van der Waals surface area (Å²) < 4.78 is 15.2. The number of rotatable bonds is 8. The number of anilines is 2. The van der Waals surface area contributed by atoms with Crippen LogP contribution in [0.25, 0.3) is 0 Å². The van der Waals surface area contributed by atoms with Crippen LogP contribution in [0.4, 0.5) is 11.4 Å². The third-order valence-corrected chi connectivity index (χ3v) is 7.50. The number of benzene rings is 4. The number of nitrogens with one attached hydrogen (secondary N) is 1. The van der Waals surface area contributed by atoms with Crippen molar-refractivity contribution < 1.29 is 28.6 Å². The summed E-state index contributed by atoms with van der Waals surface area (Å²) in [5.41, 5.74) is 5.41. The summed E-state index contributed by atoms with van der Waals surface area (Å²) in [6, 6.07) is 33.0. The number of ether oxygens (including phenoxy) is 3. The first-order chi connectivity index (χ1) is 20.9. The predicted octanol–water partition coefficient (Wildman–Crippen LogP) is 6.49. The molecule has 218 valence electrons. The van der Waals surface area contributed by atoms with Crippen LogP contribution >= 0.6 is 0 Å². The van der Waals surface area contributed by atoms with Crippen LogP contribution < -0.4 is 10.2 Å². The van der Waals surface area contributed by atoms with Gasteiger partial charge in [0.25, 0.3) is 0 Å². The summed E-state index contributed by atoms with van der Waals surface area (Å²) in [6.45, 7) is 0. The minimum absolute atomic E-state index is 0.265. The van der Waals surface area contributed by atoms with Crippen molar-refractivity contribution in [2.45, 2.75) is 18.5 Å². The SMILES string of the molecule is COC(=O)C1=C(Nc2ccccc2)CC(c2ccc(C(=O)OC)cc2)N(c2ccccc2)C1c1ccc(C(=O)OC)cc1. The molecule has 8 heteroatoms. The number of para-hydroxylation sites is 2. The maximum Gasteiger partial charge on any atom is 0.337 e. The minimum atomic E-state index is -0.605. The molecule has 1 aliphatic heterocycles. The largest absolute Gasteiger partial charge is 0.466 e. The van der Waals surface area contributed by atoms with E-state index in [0.717, 1.165) is 22.5 Å². The average molecular weight is 577 g/mol. The molecule has 5 rings (SSSR count). The van der Waals surface area contributed by atoms with Crippen LogP contribution in [0.1, 0.15) is 50.3 Å². The van der Waals surface area contributed by atoms with Crippen molar-refractivity contribution in [3.8, 4) is 0 Å². The lowest BCUT2D eigenvalue weighted by atomic mass is 9.83. The number of carbonyl (C=O) groups excluding carboxylic acids is 3. The first-order valence-corrected chi connectivity index (χ1v) is 13.8. The van der Waals surface area contributed by atoms with E-state index in [1.807, 2.05) is 84.9 Å². The van der Waals surface area contributed by atoms with Gasteiger partial charge < -0.3 is 24.4 Å². The van der Waals surface area contributed by atoms with Gasteiger partial charge in [-0.25, -0.2) is 14.4 Å². The van der Waals surface area contributed by atoms with Crippen LogP contribution in [0, 0.1) is 0 Å². The van der Waals surface area contributed by atoms with E-state index < -0.39 is 23.9 Å². The molecule has 0 aliphatic carbocycles. The number of carbonyl (C=O) groups is 3. The second kappa shape index (κ2) is 13.1. The van der Waals surface area contributed by atoms with Crippen molar-refractivity contribution in [1.29, 1.82) is 0 Å². The van der Waals surface area contributed by atoms with Gasteiger partial charge in [0.1, 0.15) is 0 Å². The first kappa shape index (κ1) is 29.1. The van der Waals surface area contributed by atoms with Gasteiger partial charge in [0.15, 0.2) is 0 Å². The van der Waals surface area contributed by atoms with Gasteiger partial charge in [0.2, 0.25) is 0 Å². The Bertz CT molecular complexity index is 1620. The van der Waals surface area contributed by atoms with Crippen LogP contribution in [-0.2, 0) is 19.0 Å². The zero-order chi connectivity index (χ0) is 30.3. The summed E-state index contributed by atoms with van der Waals surface area (Å²) in [5.74, 6) is -1.34. The Kier molecular flexibility index (Phi) is 8.86. The van der Waals surface area contributed by atoms with Crippen LogP contribution in [-0.4, -0.2) is 39.2 Å². The molecular weight excluding hydrogens is 544 g/mol. The molecule has 4 aromatic rings. The Morgan fingerprint density at radius 1 is 0.628 bits per heavy atom. The van der Waals surface area contributed by atoms with Gasteiger partial charge in [0.05, 0.1) is 50.1 Å². The van der Waals surface area contributed by atoms with Crippen LogP contribution in [0.15, 0.2) is 120 Å². The molecule has 0 fully saturated rings. The molecule has 43 heavy (non-hydrogen) atoms. The molecule has 0 amide bonds. The van der Waals surface area contributed by atoms with Gasteiger partial charge >= 0.3 is 17.9 Å². The molecular formula is C35H32N2O6. The highest BCUT2D eigenvalue weighted by molar-refractivity contribution is 5.94. The number of methoxy groups -OCH3 is 3. The second-order valence-electron chi connectivity index (χ2n) is 9.97. The standard InChI is InChI=1S/C35H32N2O6/c1-41-33(38)25-18-14-23(15-19-25)30-22-29(36-27-10-6-4-7-11-27)31(35(40)43-3)32(37(30)28-12-8-5-9-13-28)24-16-20-26(21-17-24)34(39)42-2/h4-21,30,32,36H,22H2,1-3H3. The van der Waals surface area contributed by atoms with Gasteiger partial charge in [-0.1, -0.05) is 60.7 Å². The first-order valence-electron chi connectivity index (χ1n) is 13.8. The third kappa shape index (κ3) is 6.13. The van der Waals surface area contributed by atoms with Crippen LogP contribution in [0.2, 0.25) is 0 Å². The van der Waals surface area contributed by atoms with Crippen molar-refractivity contribution in [2.75, 3.05) is 31.5 Å². The lowest BCUT2D eigenvalue weighted by molar-refractivity contribution is -0.136. The van der Waals surface area contributed by atoms with Gasteiger partial charge in [-0.2, -0.15) is 0 Å². The normalized spacial score (nSPS) is 16.3. The second-order valence-corrected chi connectivity index (χ2v) is 9.97. The third-order valence-electron chi connectivity index (χ3n) is 7.50. The zero-order valence-corrected chi connectivity index (χ0v) is 24.2. The van der Waals surface area contributed by atoms with Gasteiger partial charge in [-0.05, 0) is 59.7 Å². The molecule has 2 atom stereocenters. The van der Waals surface area contributed by atoms with E-state index in [4.69, 9.17) is 14.2 Å². The molecule has 0 saturated carbocycles. The van der Waals surface area contributed by atoms with Crippen molar-refractivity contribution in [1.82, 2.24) is 0 Å². The van der Waals surface area contributed by atoms with Gasteiger partial charge in [0, 0.05) is 23.5 Å². The highest BCUT2D eigenvalue weighted by atomic mass is 16.5. The molecule has 0 aromatic heterocycles. The van der Waals surface area contributed by atoms with E-state index in [0.29, 0.717) is 28.8 Å². The Hall–Kier alpha value is -5.37. The molecule has 1 aliphatic rings. The fraction of sp³-hybridized carbons (Fsp3) is 0.171. The highest BCUT2D eigenvalue weighted by Gasteiger charge is 2.41. The molecule has 0 spiro atoms. The van der Waals surface area contributed by atoms with Crippen molar-refractivity contribution >= 4 is 29.3 Å². The summed E-state index contributed by atoms with van der Waals surface area (Å²) in [5, 5.41) is 3.50. The molecule has 1 heterocycles. The Labute approximate surface area is 250 Å². The van der Waals surface area contributed by atoms with Crippen LogP contribution in [0.5, 0.6) is 0 Å². The quantitative estimate of drug-likeness (QED) is 0.188. The Morgan fingerprint density at radius 3 is 1.63 bits per heavy atom. The molecule has 4 aromatic carbocycles. The zero-order valence-electron chi connectivity index (χ0n) is 24.2. The number of hydrogen-bond acceptors (Lipinski definition) is 8. The summed E-state index contributed by atoms with van der Waals surface area (Å²) >= 11 is 0. The highest BCUT2D eigenvalue weighted by Crippen LogP contribution is 2.48. The molecule has 8 nitrogen and oxygen atoms in total. The number of esters is 3. The van der Waals surface area contributed by atoms with Crippen molar-refractivity contribution in [2.24, 2.45) is 0 Å². The smallest absolute Gasteiger partial charge is 0.337 e. The fourth-order valence-electron chi connectivity index (χ4n) is 5.46. The van der Waals surface area contributed by atoms with Crippen molar-refractivity contribution in [3.05, 3.63) is 143 Å². The predicted molar refractivity (Wildman–Crippen MR) is 164 cm³/mol. The van der Waals surface area contributed by atoms with E-state index in [9.17, 15) is 14.4 Å². The minimum Gasteiger partial charge on any atom is -0.466 e. The van der Waals surface area contributed by atoms with E-state index >= 15 is 0 Å². The molecule has 0 saturated heterocycles. The molecule has 0 bridgehead atoms. The van der Waals surface area contributed by atoms with Crippen molar-refractivity contribution in [3.63, 3.8) is 0 Å². The molecule has 0 radical (unpaired) electrons. The summed E-state index contributed by atoms with van der Waals surface area (Å²) in [7, 11) is 4.06. The monoisotopic (exact) mass is 576 g/mol. The maximum absolute atomic E-state index is 13.7. The average Bonchev–Trinajstić information content (AvgIpc) is 3.07. The lowest BCUT2D eigenvalue weighted by Gasteiger charge is -2.46. The Balaban J connectivity index is 1.74. The summed E-state index contributed by atoms with van der Waals surface area (Å²) in [6.07, 6.45) is 0.433. The van der Waals surface area contributed by atoms with E-state index in [2.05, 4.69) is 10.2 Å². The maximum atomic E-state index is 13.7. The lowest BCUT2D eigenvalue weighted by Crippen LogP contribution is -2.41. The van der Waals surface area contributed by atoms with Gasteiger partial charge in [-0.3, -0.25) is 0 Å². The van der Waals surface area contributed by atoms with E-state index in [-0.39, 0.29) is 6.04 Å². The van der Waals surface area contributed by atoms with Gasteiger partial charge in [-0.15, -0.1) is 0 Å². The van der Waals surface area contributed by atoms with E-state index in [1.54, 1.807) is 24.3 Å².